The van der Waals surface area contributed by atoms with Crippen molar-refractivity contribution < 1.29 is 45.2 Å². The number of hydrogen-bond donors (Lipinski definition) is 7. The van der Waals surface area contributed by atoms with Crippen LogP contribution in [0.4, 0.5) is 0 Å². The van der Waals surface area contributed by atoms with Crippen LogP contribution in [0.5, 0.6) is 0 Å². The van der Waals surface area contributed by atoms with E-state index >= 15 is 0 Å². The Hall–Kier alpha value is -0.360. The first kappa shape index (κ1) is 17.0. The van der Waals surface area contributed by atoms with E-state index in [0.29, 0.717) is 0 Å². The second-order valence-corrected chi connectivity index (χ2v) is 5.48. The molecule has 2 saturated heterocycles. The summed E-state index contributed by atoms with van der Waals surface area (Å²) in [7, 11) is 0. The van der Waals surface area contributed by atoms with Gasteiger partial charge in [0.1, 0.15) is 42.7 Å². The second kappa shape index (κ2) is 6.82. The van der Waals surface area contributed by atoms with Gasteiger partial charge in [0.2, 0.25) is 0 Å². The van der Waals surface area contributed by atoms with E-state index in [4.69, 9.17) is 19.7 Å². The van der Waals surface area contributed by atoms with E-state index in [2.05, 4.69) is 0 Å². The minimum absolute atomic E-state index is 0.0732. The minimum atomic E-state index is -1.50. The monoisotopic (exact) mass is 310 g/mol. The van der Waals surface area contributed by atoms with Crippen LogP contribution in [0, 0.1) is 0 Å². The van der Waals surface area contributed by atoms with Crippen molar-refractivity contribution >= 4 is 0 Å². The highest BCUT2D eigenvalue weighted by Gasteiger charge is 2.48. The summed E-state index contributed by atoms with van der Waals surface area (Å²) in [5.41, 5.74) is 0. The average Bonchev–Trinajstić information content (AvgIpc) is 2.75. The maximum atomic E-state index is 9.89. The van der Waals surface area contributed by atoms with Crippen LogP contribution >= 0.6 is 0 Å². The molecule has 0 aromatic rings. The third-order valence-corrected chi connectivity index (χ3v) is 4.10. The van der Waals surface area contributed by atoms with Gasteiger partial charge in [0.25, 0.3) is 0 Å². The van der Waals surface area contributed by atoms with Crippen LogP contribution in [0.2, 0.25) is 0 Å². The van der Waals surface area contributed by atoms with E-state index in [9.17, 15) is 25.5 Å². The summed E-state index contributed by atoms with van der Waals surface area (Å²) in [5.74, 6) is 0. The van der Waals surface area contributed by atoms with Gasteiger partial charge in [0.15, 0.2) is 0 Å². The van der Waals surface area contributed by atoms with E-state index in [0.717, 1.165) is 0 Å². The summed E-state index contributed by atoms with van der Waals surface area (Å²) < 4.78 is 10.6. The Labute approximate surface area is 121 Å². The fraction of sp³-hybridized carbons (Fsp3) is 1.00. The molecule has 21 heavy (non-hydrogen) atoms. The maximum Gasteiger partial charge on any atom is 0.111 e. The maximum absolute atomic E-state index is 9.89. The van der Waals surface area contributed by atoms with Gasteiger partial charge in [-0.2, -0.15) is 0 Å². The number of aliphatic hydroxyl groups is 7. The predicted molar refractivity (Wildman–Crippen MR) is 66.1 cm³/mol. The Morgan fingerprint density at radius 2 is 0.857 bits per heavy atom. The highest BCUT2D eigenvalue weighted by atomic mass is 16.6. The summed E-state index contributed by atoms with van der Waals surface area (Å²) in [6.45, 7) is -1.01. The smallest absolute Gasteiger partial charge is 0.111 e. The van der Waals surface area contributed by atoms with Gasteiger partial charge in [-0.05, 0) is 0 Å². The van der Waals surface area contributed by atoms with Crippen LogP contribution in [0.3, 0.4) is 0 Å². The summed E-state index contributed by atoms with van der Waals surface area (Å²) in [6.07, 6.45) is -10.9. The lowest BCUT2D eigenvalue weighted by atomic mass is 9.91. The molecular weight excluding hydrogens is 288 g/mol. The lowest BCUT2D eigenvalue weighted by Crippen LogP contribution is -2.59. The number of rotatable bonds is 4. The van der Waals surface area contributed by atoms with Gasteiger partial charge in [-0.3, -0.25) is 0 Å². The Morgan fingerprint density at radius 1 is 0.524 bits per heavy atom. The molecule has 0 aromatic heterocycles. The first-order valence-electron chi connectivity index (χ1n) is 6.83. The fourth-order valence-electron chi connectivity index (χ4n) is 2.77. The zero-order chi connectivity index (χ0) is 15.7. The molecule has 2 heterocycles. The minimum Gasteiger partial charge on any atom is -0.394 e. The zero-order valence-corrected chi connectivity index (χ0v) is 11.3. The van der Waals surface area contributed by atoms with Gasteiger partial charge in [-0.15, -0.1) is 0 Å². The largest absolute Gasteiger partial charge is 0.394 e. The van der Waals surface area contributed by atoms with Crippen LogP contribution in [0.15, 0.2) is 0 Å². The van der Waals surface area contributed by atoms with E-state index in [1.54, 1.807) is 0 Å². The molecule has 0 bridgehead atoms. The van der Waals surface area contributed by atoms with Crippen molar-refractivity contribution in [3.63, 3.8) is 0 Å². The van der Waals surface area contributed by atoms with Crippen molar-refractivity contribution in [3.8, 4) is 0 Å². The Bertz CT molecular complexity index is 339. The van der Waals surface area contributed by atoms with Crippen LogP contribution in [0.1, 0.15) is 6.42 Å². The van der Waals surface area contributed by atoms with Crippen molar-refractivity contribution in [1.29, 1.82) is 0 Å². The predicted octanol–water partition coefficient (Wildman–Crippen LogP) is -4.30. The molecular formula is C12H22O9. The lowest BCUT2D eigenvalue weighted by Gasteiger charge is -2.41. The third kappa shape index (κ3) is 3.21. The Balaban J connectivity index is 2.01. The zero-order valence-electron chi connectivity index (χ0n) is 11.3. The standard InChI is InChI=1S/C12H22O9/c13-2-6-10(17)8(15)4(20-6)1-5-9(16)12(19)11(18)7(3-14)21-5/h4-19H,1-3H2/t4-,5-,6-,7-,8-,9+,10-,11-,12-/m1/s1. The SMILES string of the molecule is OC[C@H]1O[C@H](C[C@H]2O[C@H](CO)[C@@H](O)[C@@H]2O)[C@H](O)[C@@H](O)[C@@H]1O. The molecule has 2 fully saturated rings. The molecule has 9 atom stereocenters. The first-order chi connectivity index (χ1) is 9.90. The molecule has 0 amide bonds. The molecule has 0 aromatic carbocycles. The van der Waals surface area contributed by atoms with Crippen LogP contribution < -0.4 is 0 Å². The summed E-state index contributed by atoms with van der Waals surface area (Å²) in [6, 6.07) is 0. The van der Waals surface area contributed by atoms with Crippen LogP contribution in [0.25, 0.3) is 0 Å². The molecule has 7 N–H and O–H groups in total. The van der Waals surface area contributed by atoms with Crippen molar-refractivity contribution in [2.24, 2.45) is 0 Å². The lowest BCUT2D eigenvalue weighted by molar-refractivity contribution is -0.236. The van der Waals surface area contributed by atoms with Crippen molar-refractivity contribution in [2.45, 2.75) is 61.4 Å². The molecule has 0 saturated carbocycles. The second-order valence-electron chi connectivity index (χ2n) is 5.48. The van der Waals surface area contributed by atoms with Gasteiger partial charge < -0.3 is 45.2 Å². The number of hydrogen-bond acceptors (Lipinski definition) is 9. The van der Waals surface area contributed by atoms with Crippen LogP contribution in [-0.4, -0.2) is 104 Å². The summed E-state index contributed by atoms with van der Waals surface area (Å²) >= 11 is 0. The van der Waals surface area contributed by atoms with Crippen molar-refractivity contribution in [1.82, 2.24) is 0 Å². The van der Waals surface area contributed by atoms with E-state index in [-0.39, 0.29) is 6.42 Å². The molecule has 2 aliphatic rings. The molecule has 9 nitrogen and oxygen atoms in total. The molecule has 0 radical (unpaired) electrons. The van der Waals surface area contributed by atoms with E-state index < -0.39 is 68.1 Å². The van der Waals surface area contributed by atoms with Gasteiger partial charge in [0.05, 0.1) is 25.4 Å². The van der Waals surface area contributed by atoms with Crippen molar-refractivity contribution in [2.75, 3.05) is 13.2 Å². The third-order valence-electron chi connectivity index (χ3n) is 4.10. The molecule has 124 valence electrons. The Kier molecular flexibility index (Phi) is 5.52. The topological polar surface area (TPSA) is 160 Å². The summed E-state index contributed by atoms with van der Waals surface area (Å²) in [5, 5.41) is 66.8. The fourth-order valence-corrected chi connectivity index (χ4v) is 2.77. The molecule has 0 unspecified atom stereocenters. The van der Waals surface area contributed by atoms with E-state index in [1.807, 2.05) is 0 Å². The quantitative estimate of drug-likeness (QED) is 0.272. The number of ether oxygens (including phenoxy) is 2. The van der Waals surface area contributed by atoms with Gasteiger partial charge in [-0.1, -0.05) is 0 Å². The highest BCUT2D eigenvalue weighted by Crippen LogP contribution is 2.30. The molecule has 0 aliphatic carbocycles. The average molecular weight is 310 g/mol. The number of aliphatic hydroxyl groups excluding tert-OH is 7. The molecule has 0 spiro atoms. The van der Waals surface area contributed by atoms with Gasteiger partial charge >= 0.3 is 0 Å². The summed E-state index contributed by atoms with van der Waals surface area (Å²) in [4.78, 5) is 0. The molecule has 9 heteroatoms. The molecule has 2 rings (SSSR count). The highest BCUT2D eigenvalue weighted by molar-refractivity contribution is 4.97. The van der Waals surface area contributed by atoms with Crippen LogP contribution in [-0.2, 0) is 9.47 Å². The molecule has 2 aliphatic heterocycles. The van der Waals surface area contributed by atoms with Crippen molar-refractivity contribution in [3.05, 3.63) is 0 Å². The van der Waals surface area contributed by atoms with E-state index in [1.165, 1.54) is 0 Å². The normalized spacial score (nSPS) is 51.3. The van der Waals surface area contributed by atoms with Gasteiger partial charge in [0, 0.05) is 6.42 Å². The first-order valence-corrected chi connectivity index (χ1v) is 6.83. The van der Waals surface area contributed by atoms with Gasteiger partial charge in [-0.25, -0.2) is 0 Å². The Morgan fingerprint density at radius 3 is 1.29 bits per heavy atom.